The first-order valence-electron chi connectivity index (χ1n) is 6.10. The van der Waals surface area contributed by atoms with Crippen LogP contribution in [0.15, 0.2) is 30.6 Å². The summed E-state index contributed by atoms with van der Waals surface area (Å²) in [4.78, 5) is 14.8. The van der Waals surface area contributed by atoms with Crippen molar-refractivity contribution >= 4 is 23.6 Å². The van der Waals surface area contributed by atoms with Gasteiger partial charge in [-0.3, -0.25) is 0 Å². The topological polar surface area (TPSA) is 68.0 Å². The highest BCUT2D eigenvalue weighted by Gasteiger charge is 2.12. The molecular formula is C14H14ClN3O2. The maximum atomic E-state index is 10.6. The standard InChI is InChI=1S/C14H14ClN3O2/c1-9(2)14-10(3-6-13(19)20)8-18(17-14)12-5-4-11(15)7-16-12/h3-9H,1-2H3,(H,19,20). The monoisotopic (exact) mass is 291 g/mol. The predicted octanol–water partition coefficient (Wildman–Crippen LogP) is 3.14. The molecule has 6 heteroatoms. The van der Waals surface area contributed by atoms with Crippen LogP contribution in [0.5, 0.6) is 0 Å². The molecule has 2 aromatic heterocycles. The van der Waals surface area contributed by atoms with Gasteiger partial charge in [-0.05, 0) is 24.1 Å². The minimum atomic E-state index is -0.989. The van der Waals surface area contributed by atoms with Gasteiger partial charge < -0.3 is 5.11 Å². The van der Waals surface area contributed by atoms with Crippen molar-refractivity contribution in [3.05, 3.63) is 46.9 Å². The number of hydrogen-bond donors (Lipinski definition) is 1. The highest BCUT2D eigenvalue weighted by molar-refractivity contribution is 6.30. The minimum absolute atomic E-state index is 0.178. The van der Waals surface area contributed by atoms with E-state index in [0.717, 1.165) is 17.3 Å². The van der Waals surface area contributed by atoms with Crippen molar-refractivity contribution in [1.29, 1.82) is 0 Å². The van der Waals surface area contributed by atoms with Gasteiger partial charge in [0.05, 0.1) is 10.7 Å². The van der Waals surface area contributed by atoms with Gasteiger partial charge in [-0.25, -0.2) is 14.5 Å². The van der Waals surface area contributed by atoms with Crippen molar-refractivity contribution in [2.75, 3.05) is 0 Å². The second kappa shape index (κ2) is 5.88. The highest BCUT2D eigenvalue weighted by Crippen LogP contribution is 2.21. The summed E-state index contributed by atoms with van der Waals surface area (Å²) in [5.74, 6) is -0.180. The first kappa shape index (κ1) is 14.3. The Morgan fingerprint density at radius 2 is 2.20 bits per heavy atom. The third-order valence-electron chi connectivity index (χ3n) is 2.67. The second-order valence-electron chi connectivity index (χ2n) is 4.58. The molecule has 2 aromatic rings. The molecule has 0 aromatic carbocycles. The molecule has 0 unspecified atom stereocenters. The van der Waals surface area contributed by atoms with Crippen LogP contribution in [0.3, 0.4) is 0 Å². The van der Waals surface area contributed by atoms with E-state index < -0.39 is 5.97 Å². The Labute approximate surface area is 121 Å². The Kier molecular flexibility index (Phi) is 4.20. The molecule has 0 aliphatic heterocycles. The number of carboxylic acid groups (broad SMARTS) is 1. The lowest BCUT2D eigenvalue weighted by Crippen LogP contribution is -1.99. The largest absolute Gasteiger partial charge is 0.478 e. The second-order valence-corrected chi connectivity index (χ2v) is 5.01. The van der Waals surface area contributed by atoms with Gasteiger partial charge in [0.25, 0.3) is 0 Å². The van der Waals surface area contributed by atoms with Crippen LogP contribution in [0.4, 0.5) is 0 Å². The summed E-state index contributed by atoms with van der Waals surface area (Å²) < 4.78 is 1.62. The minimum Gasteiger partial charge on any atom is -0.478 e. The molecule has 0 spiro atoms. The van der Waals surface area contributed by atoms with Gasteiger partial charge in [-0.2, -0.15) is 5.10 Å². The molecule has 0 aliphatic carbocycles. The molecule has 0 fully saturated rings. The van der Waals surface area contributed by atoms with E-state index in [0.29, 0.717) is 10.8 Å². The van der Waals surface area contributed by atoms with Gasteiger partial charge >= 0.3 is 5.97 Å². The fraction of sp³-hybridized carbons (Fsp3) is 0.214. The van der Waals surface area contributed by atoms with E-state index in [1.54, 1.807) is 29.2 Å². The summed E-state index contributed by atoms with van der Waals surface area (Å²) in [7, 11) is 0. The van der Waals surface area contributed by atoms with Gasteiger partial charge in [-0.15, -0.1) is 0 Å². The number of halogens is 1. The average Bonchev–Trinajstić information content (AvgIpc) is 2.81. The van der Waals surface area contributed by atoms with E-state index >= 15 is 0 Å². The number of carbonyl (C=O) groups is 1. The number of hydrogen-bond acceptors (Lipinski definition) is 3. The summed E-state index contributed by atoms with van der Waals surface area (Å²) in [6.45, 7) is 4.00. The molecule has 20 heavy (non-hydrogen) atoms. The zero-order valence-corrected chi connectivity index (χ0v) is 11.9. The molecule has 0 saturated heterocycles. The Morgan fingerprint density at radius 3 is 2.75 bits per heavy atom. The lowest BCUT2D eigenvalue weighted by atomic mass is 10.1. The normalized spacial score (nSPS) is 11.4. The molecule has 2 rings (SSSR count). The van der Waals surface area contributed by atoms with Gasteiger partial charge in [0.2, 0.25) is 0 Å². The number of aromatic nitrogens is 3. The third-order valence-corrected chi connectivity index (χ3v) is 2.90. The summed E-state index contributed by atoms with van der Waals surface area (Å²) in [5.41, 5.74) is 1.58. The number of pyridine rings is 1. The molecule has 104 valence electrons. The van der Waals surface area contributed by atoms with Crippen molar-refractivity contribution in [3.8, 4) is 5.82 Å². The fourth-order valence-corrected chi connectivity index (χ4v) is 1.87. The smallest absolute Gasteiger partial charge is 0.328 e. The van der Waals surface area contributed by atoms with Crippen molar-refractivity contribution in [2.45, 2.75) is 19.8 Å². The molecule has 0 atom stereocenters. The molecular weight excluding hydrogens is 278 g/mol. The lowest BCUT2D eigenvalue weighted by Gasteiger charge is -2.01. The van der Waals surface area contributed by atoms with Gasteiger partial charge in [0.15, 0.2) is 5.82 Å². The van der Waals surface area contributed by atoms with Crippen LogP contribution in [0.2, 0.25) is 5.02 Å². The van der Waals surface area contributed by atoms with Crippen LogP contribution in [0, 0.1) is 0 Å². The average molecular weight is 292 g/mol. The van der Waals surface area contributed by atoms with E-state index in [-0.39, 0.29) is 5.92 Å². The number of nitrogens with zero attached hydrogens (tertiary/aromatic N) is 3. The van der Waals surface area contributed by atoms with E-state index in [1.807, 2.05) is 13.8 Å². The third kappa shape index (κ3) is 3.24. The van der Waals surface area contributed by atoms with Crippen LogP contribution < -0.4 is 0 Å². The predicted molar refractivity (Wildman–Crippen MR) is 77.1 cm³/mol. The first-order chi connectivity index (χ1) is 9.47. The molecule has 0 aliphatic rings. The van der Waals surface area contributed by atoms with E-state index in [4.69, 9.17) is 16.7 Å². The van der Waals surface area contributed by atoms with E-state index in [2.05, 4.69) is 10.1 Å². The lowest BCUT2D eigenvalue weighted by molar-refractivity contribution is -0.131. The zero-order valence-electron chi connectivity index (χ0n) is 11.1. The highest BCUT2D eigenvalue weighted by atomic mass is 35.5. The van der Waals surface area contributed by atoms with Gasteiger partial charge in [-0.1, -0.05) is 25.4 Å². The SMILES string of the molecule is CC(C)c1nn(-c2ccc(Cl)cn2)cc1C=CC(=O)O. The molecule has 0 saturated carbocycles. The van der Waals surface area contributed by atoms with Crippen molar-refractivity contribution < 1.29 is 9.90 Å². The molecule has 1 N–H and O–H groups in total. The van der Waals surface area contributed by atoms with E-state index in [1.165, 1.54) is 6.08 Å². The fourth-order valence-electron chi connectivity index (χ4n) is 1.76. The van der Waals surface area contributed by atoms with Crippen LogP contribution in [-0.2, 0) is 4.79 Å². The first-order valence-corrected chi connectivity index (χ1v) is 6.47. The Hall–Kier alpha value is -2.14. The Morgan fingerprint density at radius 1 is 1.45 bits per heavy atom. The van der Waals surface area contributed by atoms with Crippen molar-refractivity contribution in [3.63, 3.8) is 0 Å². The molecule has 0 amide bonds. The quantitative estimate of drug-likeness (QED) is 0.879. The van der Waals surface area contributed by atoms with Crippen molar-refractivity contribution in [2.24, 2.45) is 0 Å². The van der Waals surface area contributed by atoms with Gasteiger partial charge in [0, 0.05) is 24.0 Å². The van der Waals surface area contributed by atoms with Crippen LogP contribution in [0.25, 0.3) is 11.9 Å². The maximum absolute atomic E-state index is 10.6. The number of aliphatic carboxylic acids is 1. The van der Waals surface area contributed by atoms with Crippen molar-refractivity contribution in [1.82, 2.24) is 14.8 Å². The maximum Gasteiger partial charge on any atom is 0.328 e. The zero-order chi connectivity index (χ0) is 14.7. The summed E-state index contributed by atoms with van der Waals surface area (Å²) in [5, 5.41) is 13.7. The van der Waals surface area contributed by atoms with Crippen LogP contribution in [-0.4, -0.2) is 25.8 Å². The summed E-state index contributed by atoms with van der Waals surface area (Å²) in [6, 6.07) is 3.48. The van der Waals surface area contributed by atoms with Gasteiger partial charge in [0.1, 0.15) is 0 Å². The number of rotatable bonds is 4. The Bertz CT molecular complexity index is 645. The molecule has 2 heterocycles. The molecule has 0 radical (unpaired) electrons. The number of carboxylic acids is 1. The molecule has 0 bridgehead atoms. The Balaban J connectivity index is 2.43. The molecule has 5 nitrogen and oxygen atoms in total. The summed E-state index contributed by atoms with van der Waals surface area (Å²) in [6.07, 6.45) is 5.94. The van der Waals surface area contributed by atoms with Crippen LogP contribution >= 0.6 is 11.6 Å². The summed E-state index contributed by atoms with van der Waals surface area (Å²) >= 11 is 5.80. The van der Waals surface area contributed by atoms with E-state index in [9.17, 15) is 4.79 Å². The van der Waals surface area contributed by atoms with Crippen LogP contribution in [0.1, 0.15) is 31.0 Å².